The van der Waals surface area contributed by atoms with Crippen LogP contribution in [0.3, 0.4) is 0 Å². The van der Waals surface area contributed by atoms with Gasteiger partial charge in [-0.3, -0.25) is 0 Å². The highest BCUT2D eigenvalue weighted by Crippen LogP contribution is 2.44. The second kappa shape index (κ2) is 7.58. The van der Waals surface area contributed by atoms with E-state index in [-0.39, 0.29) is 48.7 Å². The predicted octanol–water partition coefficient (Wildman–Crippen LogP) is 3.94. The van der Waals surface area contributed by atoms with E-state index < -0.39 is 29.1 Å². The molecule has 10 heteroatoms. The van der Waals surface area contributed by atoms with Crippen molar-refractivity contribution in [1.82, 2.24) is 9.97 Å². The molecule has 3 heterocycles. The predicted molar refractivity (Wildman–Crippen MR) is 105 cm³/mol. The van der Waals surface area contributed by atoms with E-state index in [1.807, 2.05) is 0 Å². The molecule has 0 saturated carbocycles. The van der Waals surface area contributed by atoms with Gasteiger partial charge in [0, 0.05) is 44.7 Å². The van der Waals surface area contributed by atoms with Crippen LogP contribution >= 0.6 is 0 Å². The van der Waals surface area contributed by atoms with Crippen LogP contribution < -0.4 is 9.80 Å². The van der Waals surface area contributed by atoms with Crippen LogP contribution in [-0.2, 0) is 12.6 Å². The Bertz CT molecular complexity index is 967. The lowest BCUT2D eigenvalue weighted by Crippen LogP contribution is -2.53. The van der Waals surface area contributed by atoms with Gasteiger partial charge in [-0.05, 0) is 37.3 Å². The van der Waals surface area contributed by atoms with Crippen LogP contribution in [0, 0.1) is 11.6 Å². The third kappa shape index (κ3) is 4.30. The van der Waals surface area contributed by atoms with E-state index in [4.69, 9.17) is 0 Å². The maximum Gasteiger partial charge on any atom is 0.433 e. The Kier molecular flexibility index (Phi) is 5.31. The number of fused-ring (bicyclic) bond motifs is 2. The second-order valence-corrected chi connectivity index (χ2v) is 8.64. The van der Waals surface area contributed by atoms with Crippen LogP contribution in [0.2, 0.25) is 0 Å². The van der Waals surface area contributed by atoms with Crippen LogP contribution in [0.25, 0.3) is 0 Å². The zero-order chi connectivity index (χ0) is 22.6. The summed E-state index contributed by atoms with van der Waals surface area (Å²) in [5.41, 5.74) is -2.05. The van der Waals surface area contributed by atoms with Crippen LogP contribution in [0.1, 0.15) is 36.9 Å². The van der Waals surface area contributed by atoms with Gasteiger partial charge in [-0.1, -0.05) is 6.07 Å². The van der Waals surface area contributed by atoms with Crippen molar-refractivity contribution in [2.75, 3.05) is 23.9 Å². The van der Waals surface area contributed by atoms with E-state index in [1.54, 1.807) is 19.0 Å². The van der Waals surface area contributed by atoms with E-state index in [1.165, 1.54) is 11.0 Å². The van der Waals surface area contributed by atoms with Gasteiger partial charge in [0.2, 0.25) is 5.95 Å². The molecule has 0 spiro atoms. The quantitative estimate of drug-likeness (QED) is 0.727. The summed E-state index contributed by atoms with van der Waals surface area (Å²) < 4.78 is 67.5. The minimum absolute atomic E-state index is 0.00630. The molecular formula is C21H23F5N4O. The lowest BCUT2D eigenvalue weighted by molar-refractivity contribution is -0.141. The maximum atomic E-state index is 14.1. The minimum atomic E-state index is -4.61. The van der Waals surface area contributed by atoms with E-state index in [0.717, 1.165) is 18.2 Å². The second-order valence-electron chi connectivity index (χ2n) is 8.64. The molecule has 0 aliphatic carbocycles. The van der Waals surface area contributed by atoms with Crippen molar-refractivity contribution in [2.45, 2.75) is 56.0 Å². The largest absolute Gasteiger partial charge is 0.433 e. The maximum absolute atomic E-state index is 14.1. The number of benzene rings is 1. The van der Waals surface area contributed by atoms with Crippen LogP contribution in [0.5, 0.6) is 0 Å². The lowest BCUT2D eigenvalue weighted by atomic mass is 9.81. The molecule has 2 aliphatic heterocycles. The van der Waals surface area contributed by atoms with Crippen molar-refractivity contribution < 1.29 is 27.1 Å². The van der Waals surface area contributed by atoms with Crippen molar-refractivity contribution >= 4 is 11.8 Å². The number of hydrogen-bond donors (Lipinski definition) is 1. The van der Waals surface area contributed by atoms with Gasteiger partial charge in [0.1, 0.15) is 17.5 Å². The molecule has 2 saturated heterocycles. The number of alkyl halides is 3. The topological polar surface area (TPSA) is 52.5 Å². The van der Waals surface area contributed by atoms with Crippen LogP contribution in [0.15, 0.2) is 24.3 Å². The molecule has 31 heavy (non-hydrogen) atoms. The van der Waals surface area contributed by atoms with E-state index in [0.29, 0.717) is 12.8 Å². The van der Waals surface area contributed by atoms with Gasteiger partial charge in [-0.2, -0.15) is 18.2 Å². The van der Waals surface area contributed by atoms with Crippen molar-refractivity contribution in [3.05, 3.63) is 47.2 Å². The molecule has 0 unspecified atom stereocenters. The Morgan fingerprint density at radius 2 is 1.74 bits per heavy atom. The molecule has 1 aromatic carbocycles. The van der Waals surface area contributed by atoms with Crippen molar-refractivity contribution in [1.29, 1.82) is 0 Å². The number of piperidine rings is 1. The summed E-state index contributed by atoms with van der Waals surface area (Å²) in [5.74, 6) is -1.28. The Morgan fingerprint density at radius 3 is 2.29 bits per heavy atom. The third-order valence-corrected chi connectivity index (χ3v) is 6.07. The minimum Gasteiger partial charge on any atom is -0.389 e. The van der Waals surface area contributed by atoms with E-state index >= 15 is 0 Å². The average molecular weight is 442 g/mol. The van der Waals surface area contributed by atoms with Gasteiger partial charge in [0.05, 0.1) is 5.60 Å². The third-order valence-electron chi connectivity index (χ3n) is 6.07. The summed E-state index contributed by atoms with van der Waals surface area (Å²) in [5, 5.41) is 11.2. The summed E-state index contributed by atoms with van der Waals surface area (Å²) in [7, 11) is 3.21. The zero-order valence-electron chi connectivity index (χ0n) is 17.1. The summed E-state index contributed by atoms with van der Waals surface area (Å²) in [6.07, 6.45) is -2.82. The fourth-order valence-corrected chi connectivity index (χ4v) is 4.72. The summed E-state index contributed by atoms with van der Waals surface area (Å²) in [4.78, 5) is 11.4. The van der Waals surface area contributed by atoms with Gasteiger partial charge in [0.15, 0.2) is 5.69 Å². The molecule has 2 aromatic rings. The number of halogens is 5. The number of aromatic nitrogens is 2. The van der Waals surface area contributed by atoms with Crippen LogP contribution in [0.4, 0.5) is 33.7 Å². The molecule has 2 atom stereocenters. The smallest absolute Gasteiger partial charge is 0.389 e. The SMILES string of the molecule is CN(C)c1cc(C(F)(F)F)nc(N2[C@H]3CC[C@H]2CC(O)(Cc2ccc(F)cc2F)C3)n1. The summed E-state index contributed by atoms with van der Waals surface area (Å²) in [6.45, 7) is 0. The highest BCUT2D eigenvalue weighted by atomic mass is 19.4. The van der Waals surface area contributed by atoms with Crippen molar-refractivity contribution in [3.8, 4) is 0 Å². The highest BCUT2D eigenvalue weighted by Gasteiger charge is 2.49. The first-order chi connectivity index (χ1) is 14.4. The molecule has 168 valence electrons. The first-order valence-electron chi connectivity index (χ1n) is 10.0. The monoisotopic (exact) mass is 442 g/mol. The Morgan fingerprint density at radius 1 is 1.10 bits per heavy atom. The number of aliphatic hydroxyl groups is 1. The molecule has 4 rings (SSSR count). The Hall–Kier alpha value is -2.49. The first kappa shape index (κ1) is 21.7. The van der Waals surface area contributed by atoms with E-state index in [2.05, 4.69) is 9.97 Å². The Labute approximate surface area is 176 Å². The Balaban J connectivity index is 1.62. The number of rotatable bonds is 4. The standard InChI is InChI=1S/C21H23F5N4O/c1-29(2)18-8-17(21(24,25)26)27-19(28-18)30-14-5-6-15(30)11-20(31,10-14)9-12-3-4-13(22)7-16(12)23/h3-4,7-8,14-15,31H,5-6,9-11H2,1-2H3/t14-,15-/m0/s1. The van der Waals surface area contributed by atoms with Gasteiger partial charge in [0.25, 0.3) is 0 Å². The average Bonchev–Trinajstić information content (AvgIpc) is 2.95. The van der Waals surface area contributed by atoms with E-state index in [9.17, 15) is 27.1 Å². The fraction of sp³-hybridized carbons (Fsp3) is 0.524. The molecule has 2 bridgehead atoms. The van der Waals surface area contributed by atoms with Gasteiger partial charge < -0.3 is 14.9 Å². The number of hydrogen-bond acceptors (Lipinski definition) is 5. The molecular weight excluding hydrogens is 419 g/mol. The van der Waals surface area contributed by atoms with Crippen LogP contribution in [-0.4, -0.2) is 46.9 Å². The van der Waals surface area contributed by atoms with Crippen molar-refractivity contribution in [3.63, 3.8) is 0 Å². The normalized spacial score (nSPS) is 25.7. The fourth-order valence-electron chi connectivity index (χ4n) is 4.72. The number of anilines is 2. The zero-order valence-corrected chi connectivity index (χ0v) is 17.1. The highest BCUT2D eigenvalue weighted by molar-refractivity contribution is 5.48. The summed E-state index contributed by atoms with van der Waals surface area (Å²) in [6, 6.07) is 3.60. The molecule has 0 radical (unpaired) electrons. The van der Waals surface area contributed by atoms with Crippen molar-refractivity contribution in [2.24, 2.45) is 0 Å². The number of nitrogens with zero attached hydrogens (tertiary/aromatic N) is 4. The van der Waals surface area contributed by atoms with Gasteiger partial charge in [-0.15, -0.1) is 0 Å². The molecule has 5 nitrogen and oxygen atoms in total. The first-order valence-corrected chi connectivity index (χ1v) is 10.0. The molecule has 1 N–H and O–H groups in total. The summed E-state index contributed by atoms with van der Waals surface area (Å²) >= 11 is 0. The molecule has 2 aliphatic rings. The molecule has 1 aromatic heterocycles. The lowest BCUT2D eigenvalue weighted by Gasteiger charge is -2.44. The van der Waals surface area contributed by atoms with Gasteiger partial charge >= 0.3 is 6.18 Å². The molecule has 0 amide bonds. The molecule has 2 fully saturated rings. The van der Waals surface area contributed by atoms with Gasteiger partial charge in [-0.25, -0.2) is 13.8 Å².